The number of amides is 3. The van der Waals surface area contributed by atoms with Gasteiger partial charge in [0.05, 0.1) is 6.54 Å². The third kappa shape index (κ3) is 5.71. The van der Waals surface area contributed by atoms with Crippen LogP contribution in [0.1, 0.15) is 28.8 Å². The van der Waals surface area contributed by atoms with E-state index in [0.29, 0.717) is 5.56 Å². The summed E-state index contributed by atoms with van der Waals surface area (Å²) in [4.78, 5) is 42.4. The van der Waals surface area contributed by atoms with Crippen molar-refractivity contribution >= 4 is 17.7 Å². The molecule has 12 heteroatoms. The number of rotatable bonds is 8. The van der Waals surface area contributed by atoms with E-state index in [0.717, 1.165) is 23.1 Å². The van der Waals surface area contributed by atoms with Gasteiger partial charge in [-0.25, -0.2) is 0 Å². The van der Waals surface area contributed by atoms with Crippen LogP contribution in [0.4, 0.5) is 17.6 Å². The highest BCUT2D eigenvalue weighted by molar-refractivity contribution is 6.04. The van der Waals surface area contributed by atoms with Crippen LogP contribution in [0.3, 0.4) is 0 Å². The minimum atomic E-state index is -3.35. The molecule has 3 rings (SSSR count). The Kier molecular flexibility index (Phi) is 7.23. The number of pyridine rings is 1. The highest BCUT2D eigenvalue weighted by atomic mass is 19.3. The average Bonchev–Trinajstić information content (AvgIpc) is 2.74. The molecule has 0 saturated carbocycles. The van der Waals surface area contributed by atoms with E-state index >= 15 is 0 Å². The molecule has 1 aromatic carbocycles. The number of nitrogens with one attached hydrogen (secondary N) is 1. The van der Waals surface area contributed by atoms with Crippen LogP contribution in [0.2, 0.25) is 0 Å². The molecule has 1 N–H and O–H groups in total. The number of nitrogens with zero attached hydrogens (tertiary/aromatic N) is 2. The zero-order valence-corrected chi connectivity index (χ0v) is 16.3. The smallest absolute Gasteiger partial charge is 0.387 e. The van der Waals surface area contributed by atoms with Crippen molar-refractivity contribution in [3.05, 3.63) is 53.9 Å². The van der Waals surface area contributed by atoms with Crippen LogP contribution in [-0.4, -0.2) is 46.9 Å². The lowest BCUT2D eigenvalue weighted by Gasteiger charge is -2.31. The Morgan fingerprint density at radius 3 is 2.38 bits per heavy atom. The van der Waals surface area contributed by atoms with Crippen LogP contribution in [-0.2, 0) is 16.1 Å². The molecule has 2 heterocycles. The SMILES string of the molecule is O=C(N[C@H]1CCC(=O)N(Cc2ccncc2)C1=O)c1ccc(OC(F)F)c(OC(F)F)c1. The van der Waals surface area contributed by atoms with Crippen LogP contribution in [0.15, 0.2) is 42.7 Å². The largest absolute Gasteiger partial charge is 0.431 e. The maximum Gasteiger partial charge on any atom is 0.387 e. The molecule has 0 aliphatic carbocycles. The molecule has 1 saturated heterocycles. The molecular weight excluding hydrogens is 438 g/mol. The quantitative estimate of drug-likeness (QED) is 0.486. The van der Waals surface area contributed by atoms with Gasteiger partial charge < -0.3 is 14.8 Å². The first-order chi connectivity index (χ1) is 15.2. The fraction of sp³-hybridized carbons (Fsp3) is 0.300. The first kappa shape index (κ1) is 23.0. The number of carbonyl (C=O) groups is 3. The molecule has 3 amide bonds. The van der Waals surface area contributed by atoms with Gasteiger partial charge in [0.2, 0.25) is 5.91 Å². The summed E-state index contributed by atoms with van der Waals surface area (Å²) in [5.41, 5.74) is 0.435. The van der Waals surface area contributed by atoms with Gasteiger partial charge >= 0.3 is 13.2 Å². The normalized spacial score (nSPS) is 16.4. The number of alkyl halides is 4. The van der Waals surface area contributed by atoms with Crippen LogP contribution in [0.25, 0.3) is 0 Å². The minimum absolute atomic E-state index is 0.00139. The summed E-state index contributed by atoms with van der Waals surface area (Å²) < 4.78 is 58.4. The zero-order valence-electron chi connectivity index (χ0n) is 16.3. The summed E-state index contributed by atoms with van der Waals surface area (Å²) in [6.07, 6.45) is 3.06. The molecule has 0 unspecified atom stereocenters. The van der Waals surface area contributed by atoms with E-state index in [2.05, 4.69) is 19.8 Å². The van der Waals surface area contributed by atoms with Crippen LogP contribution in [0.5, 0.6) is 11.5 Å². The van der Waals surface area contributed by atoms with Crippen molar-refractivity contribution in [1.29, 1.82) is 0 Å². The Labute approximate surface area is 179 Å². The van der Waals surface area contributed by atoms with E-state index in [4.69, 9.17) is 0 Å². The predicted molar refractivity (Wildman–Crippen MR) is 100.0 cm³/mol. The summed E-state index contributed by atoms with van der Waals surface area (Å²) >= 11 is 0. The van der Waals surface area contributed by atoms with Gasteiger partial charge in [0, 0.05) is 24.4 Å². The lowest BCUT2D eigenvalue weighted by molar-refractivity contribution is -0.150. The maximum atomic E-state index is 12.7. The lowest BCUT2D eigenvalue weighted by atomic mass is 10.0. The summed E-state index contributed by atoms with van der Waals surface area (Å²) in [7, 11) is 0. The Bertz CT molecular complexity index is 990. The molecule has 1 atom stereocenters. The van der Waals surface area contributed by atoms with Crippen molar-refractivity contribution < 1.29 is 41.4 Å². The van der Waals surface area contributed by atoms with Gasteiger partial charge in [-0.2, -0.15) is 17.6 Å². The van der Waals surface area contributed by atoms with Crippen LogP contribution >= 0.6 is 0 Å². The van der Waals surface area contributed by atoms with Crippen molar-refractivity contribution in [2.75, 3.05) is 0 Å². The minimum Gasteiger partial charge on any atom is -0.431 e. The second kappa shape index (κ2) is 10.1. The Balaban J connectivity index is 1.74. The molecule has 1 fully saturated rings. The molecule has 1 aliphatic rings. The Morgan fingerprint density at radius 2 is 1.72 bits per heavy atom. The van der Waals surface area contributed by atoms with Gasteiger partial charge in [0.25, 0.3) is 11.8 Å². The van der Waals surface area contributed by atoms with Gasteiger partial charge in [-0.15, -0.1) is 0 Å². The number of carbonyl (C=O) groups excluding carboxylic acids is 3. The predicted octanol–water partition coefficient (Wildman–Crippen LogP) is 2.73. The maximum absolute atomic E-state index is 12.7. The van der Waals surface area contributed by atoms with Crippen molar-refractivity contribution in [2.24, 2.45) is 0 Å². The first-order valence-corrected chi connectivity index (χ1v) is 9.32. The zero-order chi connectivity index (χ0) is 23.3. The van der Waals surface area contributed by atoms with E-state index in [9.17, 15) is 31.9 Å². The third-order valence-electron chi connectivity index (χ3n) is 4.55. The van der Waals surface area contributed by atoms with Gasteiger partial charge in [0.15, 0.2) is 11.5 Å². The first-order valence-electron chi connectivity index (χ1n) is 9.32. The van der Waals surface area contributed by atoms with E-state index in [1.807, 2.05) is 0 Å². The van der Waals surface area contributed by atoms with Gasteiger partial charge in [-0.05, 0) is 42.3 Å². The number of halogens is 4. The van der Waals surface area contributed by atoms with Crippen molar-refractivity contribution in [2.45, 2.75) is 38.7 Å². The lowest BCUT2D eigenvalue weighted by Crippen LogP contribution is -2.54. The summed E-state index contributed by atoms with van der Waals surface area (Å²) in [5.74, 6) is -3.33. The fourth-order valence-electron chi connectivity index (χ4n) is 3.08. The topological polar surface area (TPSA) is 97.8 Å². The number of likely N-dealkylation sites (tertiary alicyclic amines) is 1. The van der Waals surface area contributed by atoms with E-state index in [1.54, 1.807) is 12.1 Å². The second-order valence-corrected chi connectivity index (χ2v) is 6.66. The number of aromatic nitrogens is 1. The molecule has 0 radical (unpaired) electrons. The molecule has 8 nitrogen and oxygen atoms in total. The molecule has 0 spiro atoms. The molecule has 2 aromatic rings. The van der Waals surface area contributed by atoms with Crippen LogP contribution < -0.4 is 14.8 Å². The monoisotopic (exact) mass is 455 g/mol. The Morgan fingerprint density at radius 1 is 1.06 bits per heavy atom. The highest BCUT2D eigenvalue weighted by Gasteiger charge is 2.35. The van der Waals surface area contributed by atoms with Crippen molar-refractivity contribution in [3.63, 3.8) is 0 Å². The van der Waals surface area contributed by atoms with Gasteiger partial charge in [-0.3, -0.25) is 24.3 Å². The fourth-order valence-corrected chi connectivity index (χ4v) is 3.08. The molecule has 32 heavy (non-hydrogen) atoms. The molecule has 170 valence electrons. The van der Waals surface area contributed by atoms with Crippen molar-refractivity contribution in [3.8, 4) is 11.5 Å². The third-order valence-corrected chi connectivity index (χ3v) is 4.55. The summed E-state index contributed by atoms with van der Waals surface area (Å²) in [6.45, 7) is -6.64. The van der Waals surface area contributed by atoms with Gasteiger partial charge in [0.1, 0.15) is 6.04 Å². The van der Waals surface area contributed by atoms with E-state index < -0.39 is 48.5 Å². The highest BCUT2D eigenvalue weighted by Crippen LogP contribution is 2.31. The Hall–Kier alpha value is -3.70. The van der Waals surface area contributed by atoms with Crippen molar-refractivity contribution in [1.82, 2.24) is 15.2 Å². The van der Waals surface area contributed by atoms with Gasteiger partial charge in [-0.1, -0.05) is 0 Å². The van der Waals surface area contributed by atoms with E-state index in [-0.39, 0.29) is 24.9 Å². The summed E-state index contributed by atoms with van der Waals surface area (Å²) in [6, 6.07) is 4.96. The number of benzene rings is 1. The number of imide groups is 1. The molecule has 1 aliphatic heterocycles. The average molecular weight is 455 g/mol. The summed E-state index contributed by atoms with van der Waals surface area (Å²) in [5, 5.41) is 2.44. The number of hydrogen-bond donors (Lipinski definition) is 1. The van der Waals surface area contributed by atoms with Crippen LogP contribution in [0, 0.1) is 0 Å². The second-order valence-electron chi connectivity index (χ2n) is 6.66. The molecular formula is C20H17F4N3O5. The standard InChI is InChI=1S/C20H17F4N3O5/c21-19(22)31-14-3-1-12(9-15(14)32-20(23)24)17(29)26-13-2-4-16(28)27(18(13)30)10-11-5-7-25-8-6-11/h1,3,5-9,13,19-20H,2,4,10H2,(H,26,29)/t13-/m0/s1. The molecule has 1 aromatic heterocycles. The number of hydrogen-bond acceptors (Lipinski definition) is 6. The number of ether oxygens (including phenoxy) is 2. The number of piperidine rings is 1. The van der Waals surface area contributed by atoms with E-state index in [1.165, 1.54) is 12.4 Å². The molecule has 0 bridgehead atoms.